The SMILES string of the molecule is C[C@H](O)C(=O)N(C[C@@H]1CNC[C@@H]1F)C(c1nc(-c2cc(F)ccc2F)cn1Cc1cccc(F)c1)C1CCOCC1. The second kappa shape index (κ2) is 12.7. The molecule has 2 aliphatic heterocycles. The van der Waals surface area contributed by atoms with Crippen molar-refractivity contribution in [3.63, 3.8) is 0 Å². The highest BCUT2D eigenvalue weighted by Crippen LogP contribution is 2.38. The number of aromatic nitrogens is 2. The minimum Gasteiger partial charge on any atom is -0.384 e. The molecule has 3 aromatic rings. The summed E-state index contributed by atoms with van der Waals surface area (Å²) < 4.78 is 65.3. The summed E-state index contributed by atoms with van der Waals surface area (Å²) in [5, 5.41) is 13.4. The molecular weight excluding hydrogens is 540 g/mol. The van der Waals surface area contributed by atoms with E-state index >= 15 is 0 Å². The zero-order valence-corrected chi connectivity index (χ0v) is 22.8. The van der Waals surface area contributed by atoms with E-state index in [1.54, 1.807) is 22.9 Å². The Labute approximate surface area is 236 Å². The first-order chi connectivity index (χ1) is 19.7. The van der Waals surface area contributed by atoms with Gasteiger partial charge in [-0.25, -0.2) is 22.5 Å². The summed E-state index contributed by atoms with van der Waals surface area (Å²) >= 11 is 0. The Kier molecular flexibility index (Phi) is 9.06. The van der Waals surface area contributed by atoms with Crippen LogP contribution in [0.5, 0.6) is 0 Å². The summed E-state index contributed by atoms with van der Waals surface area (Å²) in [5.41, 5.74) is 0.672. The number of imidazole rings is 1. The van der Waals surface area contributed by atoms with Crippen molar-refractivity contribution >= 4 is 5.91 Å². The predicted molar refractivity (Wildman–Crippen MR) is 144 cm³/mol. The number of hydrogen-bond donors (Lipinski definition) is 2. The van der Waals surface area contributed by atoms with Crippen molar-refractivity contribution in [2.24, 2.45) is 11.8 Å². The second-order valence-corrected chi connectivity index (χ2v) is 10.9. The van der Waals surface area contributed by atoms with E-state index in [-0.39, 0.29) is 36.8 Å². The smallest absolute Gasteiger partial charge is 0.251 e. The highest BCUT2D eigenvalue weighted by atomic mass is 19.1. The van der Waals surface area contributed by atoms with Gasteiger partial charge >= 0.3 is 0 Å². The molecule has 2 saturated heterocycles. The van der Waals surface area contributed by atoms with Gasteiger partial charge in [-0.2, -0.15) is 0 Å². The number of nitrogens with zero attached hydrogens (tertiary/aromatic N) is 3. The first kappa shape index (κ1) is 29.2. The van der Waals surface area contributed by atoms with Crippen LogP contribution in [-0.2, 0) is 16.1 Å². The Morgan fingerprint density at radius 1 is 1.15 bits per heavy atom. The van der Waals surface area contributed by atoms with Crippen LogP contribution in [0, 0.1) is 29.3 Å². The van der Waals surface area contributed by atoms with Gasteiger partial charge in [0.25, 0.3) is 5.91 Å². The number of carbonyl (C=O) groups is 1. The molecular formula is C30H34F4N4O3. The fourth-order valence-electron chi connectivity index (χ4n) is 5.80. The third-order valence-electron chi connectivity index (χ3n) is 7.90. The Balaban J connectivity index is 1.66. The molecule has 0 saturated carbocycles. The van der Waals surface area contributed by atoms with Crippen LogP contribution in [0.1, 0.15) is 37.2 Å². The fraction of sp³-hybridized carbons (Fsp3) is 0.467. The predicted octanol–water partition coefficient (Wildman–Crippen LogP) is 4.25. The summed E-state index contributed by atoms with van der Waals surface area (Å²) in [6, 6.07) is 8.33. The van der Waals surface area contributed by atoms with Gasteiger partial charge in [0, 0.05) is 57.1 Å². The molecule has 2 aromatic carbocycles. The van der Waals surface area contributed by atoms with Crippen LogP contribution in [-0.4, -0.2) is 70.6 Å². The fourth-order valence-corrected chi connectivity index (χ4v) is 5.80. The van der Waals surface area contributed by atoms with Crippen LogP contribution in [0.25, 0.3) is 11.3 Å². The largest absolute Gasteiger partial charge is 0.384 e. The second-order valence-electron chi connectivity index (χ2n) is 10.9. The van der Waals surface area contributed by atoms with E-state index in [1.807, 2.05) is 0 Å². The average Bonchev–Trinajstić information content (AvgIpc) is 3.55. The minimum absolute atomic E-state index is 0.0242. The number of halogens is 4. The quantitative estimate of drug-likeness (QED) is 0.374. The molecule has 0 spiro atoms. The van der Waals surface area contributed by atoms with Gasteiger partial charge in [-0.15, -0.1) is 0 Å². The van der Waals surface area contributed by atoms with Crippen molar-refractivity contribution in [3.8, 4) is 11.3 Å². The van der Waals surface area contributed by atoms with Gasteiger partial charge in [0.2, 0.25) is 0 Å². The normalized spacial score (nSPS) is 21.1. The molecule has 2 N–H and O–H groups in total. The molecule has 0 aliphatic carbocycles. The summed E-state index contributed by atoms with van der Waals surface area (Å²) in [4.78, 5) is 19.8. The molecule has 220 valence electrons. The van der Waals surface area contributed by atoms with Crippen LogP contribution in [0.4, 0.5) is 17.6 Å². The van der Waals surface area contributed by atoms with E-state index in [1.165, 1.54) is 24.0 Å². The van der Waals surface area contributed by atoms with E-state index in [2.05, 4.69) is 5.32 Å². The zero-order chi connectivity index (χ0) is 29.1. The maximum absolute atomic E-state index is 14.9. The van der Waals surface area contributed by atoms with Gasteiger partial charge in [-0.05, 0) is 61.6 Å². The molecule has 0 radical (unpaired) electrons. The van der Waals surface area contributed by atoms with Crippen molar-refractivity contribution < 1.29 is 32.2 Å². The average molecular weight is 575 g/mol. The molecule has 4 atom stereocenters. The van der Waals surface area contributed by atoms with Crippen molar-refractivity contribution in [3.05, 3.63) is 77.5 Å². The lowest BCUT2D eigenvalue weighted by molar-refractivity contribution is -0.145. The summed E-state index contributed by atoms with van der Waals surface area (Å²) in [7, 11) is 0. The monoisotopic (exact) mass is 574 g/mol. The first-order valence-electron chi connectivity index (χ1n) is 13.9. The topological polar surface area (TPSA) is 79.6 Å². The number of rotatable bonds is 9. The van der Waals surface area contributed by atoms with Crippen molar-refractivity contribution in [2.75, 3.05) is 32.8 Å². The van der Waals surface area contributed by atoms with E-state index in [4.69, 9.17) is 9.72 Å². The molecule has 1 unspecified atom stereocenters. The molecule has 0 bridgehead atoms. The third kappa shape index (κ3) is 6.63. The van der Waals surface area contributed by atoms with Gasteiger partial charge in [0.15, 0.2) is 0 Å². The number of benzene rings is 2. The lowest BCUT2D eigenvalue weighted by Gasteiger charge is -2.40. The van der Waals surface area contributed by atoms with E-state index in [0.29, 0.717) is 44.0 Å². The van der Waals surface area contributed by atoms with Crippen molar-refractivity contribution in [1.82, 2.24) is 19.8 Å². The molecule has 11 heteroatoms. The molecule has 1 aromatic heterocycles. The number of ether oxygens (including phenoxy) is 1. The molecule has 3 heterocycles. The summed E-state index contributed by atoms with van der Waals surface area (Å²) in [6.45, 7) is 2.92. The zero-order valence-electron chi connectivity index (χ0n) is 22.8. The van der Waals surface area contributed by atoms with E-state index < -0.39 is 47.6 Å². The molecule has 2 fully saturated rings. The lowest BCUT2D eigenvalue weighted by atomic mass is 9.88. The van der Waals surface area contributed by atoms with Gasteiger partial charge in [0.1, 0.15) is 35.6 Å². The van der Waals surface area contributed by atoms with E-state index in [0.717, 1.165) is 18.2 Å². The number of hydrogen-bond acceptors (Lipinski definition) is 5. The maximum atomic E-state index is 14.9. The van der Waals surface area contributed by atoms with Gasteiger partial charge in [-0.1, -0.05) is 12.1 Å². The number of carbonyl (C=O) groups excluding carboxylic acids is 1. The van der Waals surface area contributed by atoms with Gasteiger partial charge in [-0.3, -0.25) is 4.79 Å². The molecule has 2 aliphatic rings. The number of nitrogens with one attached hydrogen (secondary N) is 1. The Morgan fingerprint density at radius 2 is 1.90 bits per heavy atom. The maximum Gasteiger partial charge on any atom is 0.251 e. The Morgan fingerprint density at radius 3 is 2.59 bits per heavy atom. The van der Waals surface area contributed by atoms with Crippen LogP contribution in [0.15, 0.2) is 48.7 Å². The Bertz CT molecular complexity index is 1360. The molecule has 41 heavy (non-hydrogen) atoms. The number of amides is 1. The highest BCUT2D eigenvalue weighted by Gasteiger charge is 2.41. The molecule has 5 rings (SSSR count). The summed E-state index contributed by atoms with van der Waals surface area (Å²) in [5.74, 6) is -2.67. The Hall–Kier alpha value is -3.28. The molecule has 1 amide bonds. The lowest BCUT2D eigenvalue weighted by Crippen LogP contribution is -2.48. The number of aliphatic hydroxyl groups excluding tert-OH is 1. The third-order valence-corrected chi connectivity index (χ3v) is 7.90. The highest BCUT2D eigenvalue weighted by molar-refractivity contribution is 5.80. The van der Waals surface area contributed by atoms with Crippen LogP contribution < -0.4 is 5.32 Å². The first-order valence-corrected chi connectivity index (χ1v) is 13.9. The summed E-state index contributed by atoms with van der Waals surface area (Å²) in [6.07, 6.45) is 0.138. The van der Waals surface area contributed by atoms with Gasteiger partial charge < -0.3 is 24.6 Å². The standard InChI is InChI=1S/C30H34F4N4O3/c1-18(39)30(40)38(16-21-13-35-14-26(21)34)28(20-7-9-41-10-8-20)29-36-27(24-12-23(32)5-6-25(24)33)17-37(29)15-19-3-2-4-22(31)11-19/h2-6,11-12,17-18,20-21,26,28,35,39H,7-10,13-16H2,1H3/t18-,21-,26-,28?/m0/s1. The van der Waals surface area contributed by atoms with Crippen LogP contribution in [0.2, 0.25) is 0 Å². The van der Waals surface area contributed by atoms with Crippen LogP contribution >= 0.6 is 0 Å². The van der Waals surface area contributed by atoms with E-state index in [9.17, 15) is 27.5 Å². The minimum atomic E-state index is -1.36. The van der Waals surface area contributed by atoms with Crippen molar-refractivity contribution in [1.29, 1.82) is 0 Å². The number of aliphatic hydroxyl groups is 1. The van der Waals surface area contributed by atoms with Crippen LogP contribution in [0.3, 0.4) is 0 Å². The molecule has 7 nitrogen and oxygen atoms in total. The van der Waals surface area contributed by atoms with Gasteiger partial charge in [0.05, 0.1) is 11.7 Å². The van der Waals surface area contributed by atoms with Crippen molar-refractivity contribution in [2.45, 2.75) is 44.6 Å². The number of alkyl halides is 1.